The third-order valence-electron chi connectivity index (χ3n) is 7.25. The summed E-state index contributed by atoms with van der Waals surface area (Å²) >= 11 is 0. The first kappa shape index (κ1) is 30.7. The lowest BCUT2D eigenvalue weighted by atomic mass is 9.92. The molecule has 3 aliphatic rings. The van der Waals surface area contributed by atoms with E-state index in [1.807, 2.05) is 0 Å². The van der Waals surface area contributed by atoms with Crippen molar-refractivity contribution in [1.29, 1.82) is 0 Å². The maximum absolute atomic E-state index is 13.5. The fourth-order valence-electron chi connectivity index (χ4n) is 4.99. The van der Waals surface area contributed by atoms with Gasteiger partial charge in [0.05, 0.1) is 6.61 Å². The Kier molecular flexibility index (Phi) is 8.36. The number of carbonyl (C=O) groups is 2. The average molecular weight is 612 g/mol. The van der Waals surface area contributed by atoms with Crippen LogP contribution in [0.15, 0.2) is 30.3 Å². The monoisotopic (exact) mass is 612 g/mol. The van der Waals surface area contributed by atoms with Gasteiger partial charge in [0, 0.05) is 12.1 Å². The van der Waals surface area contributed by atoms with Gasteiger partial charge in [0.2, 0.25) is 12.1 Å². The Morgan fingerprint density at radius 2 is 1.53 bits per heavy atom. The molecule has 10 N–H and O–H groups in total. The number of ketones is 1. The van der Waals surface area contributed by atoms with E-state index in [0.717, 1.165) is 24.3 Å². The van der Waals surface area contributed by atoms with Crippen LogP contribution in [0.2, 0.25) is 0 Å². The molecule has 0 saturated carbocycles. The van der Waals surface area contributed by atoms with Gasteiger partial charge in [-0.1, -0.05) is 6.07 Å². The Bertz CT molecular complexity index is 1380. The normalized spacial score (nSPS) is 35.7. The van der Waals surface area contributed by atoms with Crippen LogP contribution in [0.3, 0.4) is 0 Å². The SMILES string of the molecule is O=C1c2c(O)cc(O)cc2OC(c2ccc(OC3OC(C(=O)O)C(O)C(O)C3O)c(O)c2)C1OC1OC(CO)C(O)C1O. The van der Waals surface area contributed by atoms with Crippen molar-refractivity contribution in [2.45, 2.75) is 67.5 Å². The highest BCUT2D eigenvalue weighted by molar-refractivity contribution is 6.05. The fraction of sp³-hybridized carbons (Fsp3) is 0.462. The van der Waals surface area contributed by atoms with Crippen molar-refractivity contribution in [3.05, 3.63) is 41.5 Å². The number of ether oxygens (including phenoxy) is 5. The van der Waals surface area contributed by atoms with Crippen molar-refractivity contribution in [1.82, 2.24) is 0 Å². The molecule has 11 atom stereocenters. The van der Waals surface area contributed by atoms with Crippen LogP contribution in [-0.2, 0) is 19.0 Å². The molecular weight excluding hydrogens is 584 g/mol. The number of carboxylic acids is 1. The minimum atomic E-state index is -1.97. The van der Waals surface area contributed by atoms with E-state index in [-0.39, 0.29) is 22.6 Å². The van der Waals surface area contributed by atoms with E-state index in [0.29, 0.717) is 0 Å². The molecule has 17 heteroatoms. The minimum absolute atomic E-state index is 0.0207. The molecule has 0 spiro atoms. The van der Waals surface area contributed by atoms with E-state index in [1.54, 1.807) is 0 Å². The maximum Gasteiger partial charge on any atom is 0.335 e. The molecule has 0 aliphatic carbocycles. The van der Waals surface area contributed by atoms with E-state index in [1.165, 1.54) is 6.07 Å². The lowest BCUT2D eigenvalue weighted by molar-refractivity contribution is -0.271. The Labute approximate surface area is 240 Å². The highest BCUT2D eigenvalue weighted by atomic mass is 16.7. The zero-order chi connectivity index (χ0) is 31.3. The number of aliphatic hydroxyl groups excluding tert-OH is 6. The van der Waals surface area contributed by atoms with Gasteiger partial charge >= 0.3 is 5.97 Å². The molecule has 3 aliphatic heterocycles. The number of phenols is 3. The maximum atomic E-state index is 13.5. The summed E-state index contributed by atoms with van der Waals surface area (Å²) in [5.41, 5.74) is -0.362. The van der Waals surface area contributed by atoms with Crippen molar-refractivity contribution in [3.8, 4) is 28.7 Å². The fourth-order valence-corrected chi connectivity index (χ4v) is 4.99. The second-order valence-corrected chi connectivity index (χ2v) is 10.1. The first-order valence-electron chi connectivity index (χ1n) is 12.8. The second kappa shape index (κ2) is 11.7. The van der Waals surface area contributed by atoms with Gasteiger partial charge in [-0.2, -0.15) is 0 Å². The van der Waals surface area contributed by atoms with Crippen LogP contribution in [0, 0.1) is 0 Å². The van der Waals surface area contributed by atoms with E-state index in [4.69, 9.17) is 23.7 Å². The van der Waals surface area contributed by atoms with Crippen molar-refractivity contribution in [2.24, 2.45) is 0 Å². The molecule has 11 unspecified atom stereocenters. The summed E-state index contributed by atoms with van der Waals surface area (Å²) < 4.78 is 27.3. The Balaban J connectivity index is 1.45. The van der Waals surface area contributed by atoms with Crippen molar-refractivity contribution >= 4 is 11.8 Å². The molecular formula is C26H28O17. The Hall–Kier alpha value is -3.78. The number of rotatable bonds is 7. The summed E-state index contributed by atoms with van der Waals surface area (Å²) in [5, 5.41) is 100. The standard InChI is InChI=1S/C26H28O17/c27-6-13-15(31)19(35)25(41-13)42-22-16(32)14-10(30)4-8(28)5-12(14)39-21(22)7-1-2-11(9(29)3-7)40-26-20(36)17(33)18(34)23(43-26)24(37)38/h1-5,13,15,17-23,25-31,33-36H,6H2,(H,37,38). The zero-order valence-corrected chi connectivity index (χ0v) is 21.8. The lowest BCUT2D eigenvalue weighted by Gasteiger charge is -2.38. The summed E-state index contributed by atoms with van der Waals surface area (Å²) in [4.78, 5) is 24.9. The van der Waals surface area contributed by atoms with E-state index < -0.39 is 103 Å². The van der Waals surface area contributed by atoms with Crippen LogP contribution in [0.4, 0.5) is 0 Å². The number of Topliss-reactive ketones (excluding diaryl/α,β-unsaturated/α-hetero) is 1. The summed E-state index contributed by atoms with van der Waals surface area (Å²) in [5.74, 6) is -4.96. The number of aliphatic carboxylic acids is 1. The van der Waals surface area contributed by atoms with Crippen LogP contribution in [0.25, 0.3) is 0 Å². The van der Waals surface area contributed by atoms with Gasteiger partial charge in [-0.15, -0.1) is 0 Å². The van der Waals surface area contributed by atoms with Gasteiger partial charge in [-0.3, -0.25) is 4.79 Å². The summed E-state index contributed by atoms with van der Waals surface area (Å²) in [7, 11) is 0. The van der Waals surface area contributed by atoms with Crippen molar-refractivity contribution < 1.29 is 84.3 Å². The van der Waals surface area contributed by atoms with Gasteiger partial charge < -0.3 is 74.7 Å². The third-order valence-corrected chi connectivity index (χ3v) is 7.25. The van der Waals surface area contributed by atoms with Gasteiger partial charge in [0.15, 0.2) is 36.1 Å². The van der Waals surface area contributed by atoms with Crippen LogP contribution < -0.4 is 9.47 Å². The topological polar surface area (TPSA) is 283 Å². The Morgan fingerprint density at radius 3 is 2.16 bits per heavy atom. The number of hydrogen-bond donors (Lipinski definition) is 10. The quantitative estimate of drug-likeness (QED) is 0.151. The minimum Gasteiger partial charge on any atom is -0.508 e. The molecule has 43 heavy (non-hydrogen) atoms. The molecule has 5 rings (SSSR count). The van der Waals surface area contributed by atoms with Crippen molar-refractivity contribution in [2.75, 3.05) is 6.61 Å². The summed E-state index contributed by atoms with van der Waals surface area (Å²) in [6, 6.07) is 5.32. The molecule has 2 aromatic rings. The zero-order valence-electron chi connectivity index (χ0n) is 21.8. The molecule has 0 amide bonds. The molecule has 0 radical (unpaired) electrons. The number of fused-ring (bicyclic) bond motifs is 1. The number of aliphatic hydroxyl groups is 6. The van der Waals surface area contributed by atoms with Gasteiger partial charge in [-0.05, 0) is 17.7 Å². The summed E-state index contributed by atoms with van der Waals surface area (Å²) in [6.07, 6.45) is -19.0. The molecule has 2 saturated heterocycles. The molecule has 0 aromatic heterocycles. The number of carboxylic acid groups (broad SMARTS) is 1. The molecule has 0 bridgehead atoms. The Morgan fingerprint density at radius 1 is 0.837 bits per heavy atom. The average Bonchev–Trinajstić information content (AvgIpc) is 3.22. The number of phenolic OH excluding ortho intramolecular Hbond substituents is 3. The molecule has 2 aromatic carbocycles. The molecule has 234 valence electrons. The van der Waals surface area contributed by atoms with Gasteiger partial charge in [-0.25, -0.2) is 4.79 Å². The van der Waals surface area contributed by atoms with Crippen LogP contribution in [-0.4, -0.2) is 131 Å². The third kappa shape index (κ3) is 5.53. The van der Waals surface area contributed by atoms with Crippen LogP contribution in [0.1, 0.15) is 22.0 Å². The van der Waals surface area contributed by atoms with E-state index in [2.05, 4.69) is 0 Å². The predicted octanol–water partition coefficient (Wildman–Crippen LogP) is -2.78. The number of benzene rings is 2. The molecule has 3 heterocycles. The number of hydrogen-bond acceptors (Lipinski definition) is 16. The first-order chi connectivity index (χ1) is 20.3. The highest BCUT2D eigenvalue weighted by Gasteiger charge is 2.50. The highest BCUT2D eigenvalue weighted by Crippen LogP contribution is 2.45. The predicted molar refractivity (Wildman–Crippen MR) is 133 cm³/mol. The van der Waals surface area contributed by atoms with E-state index in [9.17, 15) is 60.7 Å². The number of carbonyl (C=O) groups excluding carboxylic acids is 1. The smallest absolute Gasteiger partial charge is 0.335 e. The number of aromatic hydroxyl groups is 3. The van der Waals surface area contributed by atoms with Crippen molar-refractivity contribution in [3.63, 3.8) is 0 Å². The van der Waals surface area contributed by atoms with E-state index >= 15 is 0 Å². The van der Waals surface area contributed by atoms with Crippen LogP contribution in [0.5, 0.6) is 28.7 Å². The van der Waals surface area contributed by atoms with Gasteiger partial charge in [0.25, 0.3) is 0 Å². The van der Waals surface area contributed by atoms with Gasteiger partial charge in [0.1, 0.15) is 59.4 Å². The lowest BCUT2D eigenvalue weighted by Crippen LogP contribution is -2.61. The summed E-state index contributed by atoms with van der Waals surface area (Å²) in [6.45, 7) is -0.683. The first-order valence-corrected chi connectivity index (χ1v) is 12.8. The molecule has 2 fully saturated rings. The second-order valence-electron chi connectivity index (χ2n) is 10.1. The molecule has 17 nitrogen and oxygen atoms in total. The van der Waals surface area contributed by atoms with Crippen LogP contribution >= 0.6 is 0 Å². The largest absolute Gasteiger partial charge is 0.508 e.